The Hall–Kier alpha value is -3.39. The summed E-state index contributed by atoms with van der Waals surface area (Å²) in [5, 5.41) is 5.59. The average Bonchev–Trinajstić information content (AvgIpc) is 3.44. The number of carbonyl (C=O) groups excluding carboxylic acids is 1. The van der Waals surface area contributed by atoms with Gasteiger partial charge >= 0.3 is 6.18 Å². The predicted octanol–water partition coefficient (Wildman–Crippen LogP) is 6.59. The van der Waals surface area contributed by atoms with Crippen molar-refractivity contribution in [1.82, 2.24) is 9.78 Å². The molecule has 0 aliphatic rings. The van der Waals surface area contributed by atoms with Crippen molar-refractivity contribution in [3.8, 4) is 16.3 Å². The zero-order valence-electron chi connectivity index (χ0n) is 17.4. The molecule has 0 saturated heterocycles. The van der Waals surface area contributed by atoms with Crippen LogP contribution < -0.4 is 4.90 Å². The topological polar surface area (TPSA) is 38.1 Å². The van der Waals surface area contributed by atoms with Crippen molar-refractivity contribution in [2.45, 2.75) is 20.0 Å². The molecule has 2 aromatic carbocycles. The van der Waals surface area contributed by atoms with Crippen LogP contribution in [0.25, 0.3) is 16.3 Å². The summed E-state index contributed by atoms with van der Waals surface area (Å²) in [6.07, 6.45) is -4.55. The van der Waals surface area contributed by atoms with Crippen LogP contribution in [0.3, 0.4) is 0 Å². The van der Waals surface area contributed by atoms with Crippen molar-refractivity contribution < 1.29 is 18.0 Å². The van der Waals surface area contributed by atoms with Crippen molar-refractivity contribution in [1.29, 1.82) is 0 Å². The van der Waals surface area contributed by atoms with E-state index in [0.29, 0.717) is 28.4 Å². The number of rotatable bonds is 5. The van der Waals surface area contributed by atoms with Crippen molar-refractivity contribution in [3.05, 3.63) is 88.9 Å². The lowest BCUT2D eigenvalue weighted by Gasteiger charge is -2.21. The second kappa shape index (κ2) is 8.63. The van der Waals surface area contributed by atoms with Gasteiger partial charge in [0.05, 0.1) is 16.3 Å². The van der Waals surface area contributed by atoms with Crippen molar-refractivity contribution in [3.63, 3.8) is 0 Å². The molecule has 4 rings (SSSR count). The molecule has 0 unspecified atom stereocenters. The monoisotopic (exact) mass is 455 g/mol. The predicted molar refractivity (Wildman–Crippen MR) is 120 cm³/mol. The van der Waals surface area contributed by atoms with E-state index < -0.39 is 11.9 Å². The molecule has 1 amide bonds. The number of anilines is 1. The Labute approximate surface area is 187 Å². The highest BCUT2D eigenvalue weighted by Gasteiger charge is 2.35. The van der Waals surface area contributed by atoms with Gasteiger partial charge in [-0.2, -0.15) is 18.3 Å². The second-order valence-corrected chi connectivity index (χ2v) is 8.18. The number of hydrogen-bond acceptors (Lipinski definition) is 3. The molecule has 0 N–H and O–H groups in total. The Balaban J connectivity index is 1.68. The maximum Gasteiger partial charge on any atom is 0.435 e. The Morgan fingerprint density at radius 2 is 1.81 bits per heavy atom. The number of nitrogens with zero attached hydrogens (tertiary/aromatic N) is 3. The van der Waals surface area contributed by atoms with Crippen molar-refractivity contribution >= 4 is 22.9 Å². The number of benzene rings is 2. The highest BCUT2D eigenvalue weighted by molar-refractivity contribution is 7.13. The molecule has 2 aromatic heterocycles. The van der Waals surface area contributed by atoms with Gasteiger partial charge in [0.25, 0.3) is 5.91 Å². The first kappa shape index (κ1) is 21.8. The smallest absolute Gasteiger partial charge is 0.309 e. The Kier molecular flexibility index (Phi) is 5.88. The molecule has 0 aliphatic heterocycles. The van der Waals surface area contributed by atoms with E-state index in [0.717, 1.165) is 17.3 Å². The van der Waals surface area contributed by atoms with Gasteiger partial charge in [0, 0.05) is 17.8 Å². The van der Waals surface area contributed by atoms with Crippen LogP contribution >= 0.6 is 11.3 Å². The summed E-state index contributed by atoms with van der Waals surface area (Å²) < 4.78 is 41.2. The van der Waals surface area contributed by atoms with E-state index in [2.05, 4.69) is 5.10 Å². The Morgan fingerprint density at radius 1 is 1.06 bits per heavy atom. The van der Waals surface area contributed by atoms with Gasteiger partial charge in [-0.25, -0.2) is 4.68 Å². The van der Waals surface area contributed by atoms with Crippen LogP contribution in [0.15, 0.2) is 72.1 Å². The Morgan fingerprint density at radius 3 is 2.41 bits per heavy atom. The van der Waals surface area contributed by atoms with E-state index in [9.17, 15) is 18.0 Å². The third-order valence-electron chi connectivity index (χ3n) is 5.01. The first-order valence-corrected chi connectivity index (χ1v) is 10.9. The summed E-state index contributed by atoms with van der Waals surface area (Å²) in [7, 11) is 0. The van der Waals surface area contributed by atoms with Crippen LogP contribution in [0.4, 0.5) is 18.9 Å². The summed E-state index contributed by atoms with van der Waals surface area (Å²) in [6, 6.07) is 18.7. The maximum absolute atomic E-state index is 13.3. The van der Waals surface area contributed by atoms with E-state index >= 15 is 0 Å². The van der Waals surface area contributed by atoms with Crippen LogP contribution in [-0.2, 0) is 6.18 Å². The number of amides is 1. The molecule has 0 atom stereocenters. The fourth-order valence-electron chi connectivity index (χ4n) is 3.46. The minimum Gasteiger partial charge on any atom is -0.309 e. The van der Waals surface area contributed by atoms with Crippen LogP contribution in [0.1, 0.15) is 28.5 Å². The van der Waals surface area contributed by atoms with Crippen molar-refractivity contribution in [2.24, 2.45) is 0 Å². The molecule has 0 radical (unpaired) electrons. The van der Waals surface area contributed by atoms with Gasteiger partial charge in [0.15, 0.2) is 5.69 Å². The Bertz CT molecular complexity index is 1230. The van der Waals surface area contributed by atoms with Crippen LogP contribution in [0.2, 0.25) is 0 Å². The number of halogens is 3. The number of hydrogen-bond donors (Lipinski definition) is 0. The maximum atomic E-state index is 13.3. The van der Waals surface area contributed by atoms with E-state index in [1.165, 1.54) is 16.0 Å². The quantitative estimate of drug-likeness (QED) is 0.340. The summed E-state index contributed by atoms with van der Waals surface area (Å²) >= 11 is 1.33. The number of aryl methyl sites for hydroxylation is 1. The molecular weight excluding hydrogens is 435 g/mol. The zero-order valence-corrected chi connectivity index (χ0v) is 18.2. The summed E-state index contributed by atoms with van der Waals surface area (Å²) in [5.74, 6) is -0.181. The number of aromatic nitrogens is 2. The highest BCUT2D eigenvalue weighted by atomic mass is 32.1. The van der Waals surface area contributed by atoms with Crippen LogP contribution in [0, 0.1) is 6.92 Å². The molecule has 164 valence electrons. The van der Waals surface area contributed by atoms with Gasteiger partial charge < -0.3 is 4.90 Å². The van der Waals surface area contributed by atoms with E-state index in [1.54, 1.807) is 46.7 Å². The summed E-state index contributed by atoms with van der Waals surface area (Å²) in [5.41, 5.74) is 2.11. The third kappa shape index (κ3) is 4.31. The van der Waals surface area contributed by atoms with Gasteiger partial charge in [-0.1, -0.05) is 18.2 Å². The second-order valence-electron chi connectivity index (χ2n) is 7.24. The lowest BCUT2D eigenvalue weighted by Crippen LogP contribution is -2.30. The molecule has 2 heterocycles. The lowest BCUT2D eigenvalue weighted by atomic mass is 10.1. The molecule has 0 aliphatic carbocycles. The molecule has 0 bridgehead atoms. The summed E-state index contributed by atoms with van der Waals surface area (Å²) in [6.45, 7) is 4.34. The van der Waals surface area contributed by atoms with Gasteiger partial charge in [0.1, 0.15) is 0 Å². The first-order valence-electron chi connectivity index (χ1n) is 9.98. The van der Waals surface area contributed by atoms with Crippen LogP contribution in [0.5, 0.6) is 0 Å². The summed E-state index contributed by atoms with van der Waals surface area (Å²) in [4.78, 5) is 15.4. The molecular formula is C24H20F3N3OS. The molecule has 4 nitrogen and oxygen atoms in total. The fourth-order valence-corrected chi connectivity index (χ4v) is 4.18. The van der Waals surface area contributed by atoms with E-state index in [4.69, 9.17) is 0 Å². The fraction of sp³-hybridized carbons (Fsp3) is 0.167. The molecule has 32 heavy (non-hydrogen) atoms. The highest BCUT2D eigenvalue weighted by Crippen LogP contribution is 2.34. The van der Waals surface area contributed by atoms with Crippen LogP contribution in [-0.4, -0.2) is 22.2 Å². The molecule has 0 saturated carbocycles. The van der Waals surface area contributed by atoms with Gasteiger partial charge in [-0.15, -0.1) is 11.3 Å². The van der Waals surface area contributed by atoms with Gasteiger partial charge in [0.2, 0.25) is 0 Å². The van der Waals surface area contributed by atoms with Gasteiger partial charge in [-0.05, 0) is 73.3 Å². The zero-order chi connectivity index (χ0) is 22.9. The molecule has 8 heteroatoms. The third-order valence-corrected chi connectivity index (χ3v) is 5.90. The number of thiophene rings is 1. The molecule has 4 aromatic rings. The lowest BCUT2D eigenvalue weighted by molar-refractivity contribution is -0.141. The molecule has 0 fully saturated rings. The largest absolute Gasteiger partial charge is 0.435 e. The van der Waals surface area contributed by atoms with E-state index in [1.807, 2.05) is 38.1 Å². The SMILES string of the molecule is CCN(C(=O)c1ccc(-n2nc(C(F)(F)F)cc2-c2cccs2)cc1)c1cccc(C)c1. The minimum atomic E-state index is -4.55. The van der Waals surface area contributed by atoms with Crippen molar-refractivity contribution in [2.75, 3.05) is 11.4 Å². The molecule has 0 spiro atoms. The standard InChI is InChI=1S/C24H20F3N3OS/c1-3-29(19-7-4-6-16(2)14-19)23(31)17-9-11-18(12-10-17)30-20(21-8-5-13-32-21)15-22(28-30)24(25,26)27/h4-15H,3H2,1-2H3. The normalized spacial score (nSPS) is 11.5. The number of carbonyl (C=O) groups is 1. The van der Waals surface area contributed by atoms with Gasteiger partial charge in [-0.3, -0.25) is 4.79 Å². The number of alkyl halides is 3. The minimum absolute atomic E-state index is 0.181. The first-order chi connectivity index (χ1) is 15.3. The van der Waals surface area contributed by atoms with E-state index in [-0.39, 0.29) is 5.91 Å². The average molecular weight is 456 g/mol.